The van der Waals surface area contributed by atoms with Crippen LogP contribution >= 0.6 is 0 Å². The summed E-state index contributed by atoms with van der Waals surface area (Å²) in [6, 6.07) is 7.75. The maximum atomic E-state index is 11.3. The SMILES string of the molecule is CC[N+](C)(C(=O)[O-])c1cccc(CCN(C)C)c1. The van der Waals surface area contributed by atoms with Crippen LogP contribution in [0.1, 0.15) is 12.5 Å². The molecule has 0 aliphatic heterocycles. The van der Waals surface area contributed by atoms with Gasteiger partial charge in [-0.1, -0.05) is 12.1 Å². The molecule has 100 valence electrons. The fourth-order valence-corrected chi connectivity index (χ4v) is 1.79. The van der Waals surface area contributed by atoms with Crippen LogP contribution in [0.3, 0.4) is 0 Å². The summed E-state index contributed by atoms with van der Waals surface area (Å²) < 4.78 is -0.185. The molecule has 0 aromatic heterocycles. The Bertz CT molecular complexity index is 418. The Balaban J connectivity index is 2.97. The van der Waals surface area contributed by atoms with Gasteiger partial charge in [0.2, 0.25) is 0 Å². The number of benzene rings is 1. The van der Waals surface area contributed by atoms with Crippen LogP contribution in [0.4, 0.5) is 10.5 Å². The van der Waals surface area contributed by atoms with Crippen molar-refractivity contribution in [3.05, 3.63) is 29.8 Å². The number of carbonyl (C=O) groups excluding carboxylic acids is 1. The summed E-state index contributed by atoms with van der Waals surface area (Å²) in [5.74, 6) is 0. The van der Waals surface area contributed by atoms with E-state index in [9.17, 15) is 9.90 Å². The minimum atomic E-state index is -1.07. The predicted octanol–water partition coefficient (Wildman–Crippen LogP) is 1.09. The Hall–Kier alpha value is -1.39. The third-order valence-electron chi connectivity index (χ3n) is 3.36. The number of likely N-dealkylation sites (N-methyl/N-ethyl adjacent to an activating group) is 1. The van der Waals surface area contributed by atoms with Crippen LogP contribution in [-0.4, -0.2) is 45.2 Å². The molecule has 4 nitrogen and oxygen atoms in total. The lowest BCUT2D eigenvalue weighted by Gasteiger charge is -2.32. The van der Waals surface area contributed by atoms with Gasteiger partial charge in [0.1, 0.15) is 5.69 Å². The first kappa shape index (κ1) is 14.7. The highest BCUT2D eigenvalue weighted by molar-refractivity contribution is 5.78. The number of hydrogen-bond donors (Lipinski definition) is 0. The Morgan fingerprint density at radius 3 is 2.56 bits per heavy atom. The molecule has 1 rings (SSSR count). The molecule has 0 radical (unpaired) electrons. The van der Waals surface area contributed by atoms with Crippen molar-refractivity contribution in [3.8, 4) is 0 Å². The second-order valence-corrected chi connectivity index (χ2v) is 5.00. The Morgan fingerprint density at radius 1 is 1.39 bits per heavy atom. The predicted molar refractivity (Wildman–Crippen MR) is 72.4 cm³/mol. The average molecular weight is 250 g/mol. The van der Waals surface area contributed by atoms with Crippen molar-refractivity contribution < 1.29 is 9.90 Å². The van der Waals surface area contributed by atoms with Gasteiger partial charge in [-0.25, -0.2) is 4.48 Å². The molecule has 0 fully saturated rings. The molecule has 0 bridgehead atoms. The molecule has 1 amide bonds. The van der Waals surface area contributed by atoms with Crippen molar-refractivity contribution in [3.63, 3.8) is 0 Å². The Labute approximate surface area is 109 Å². The lowest BCUT2D eigenvalue weighted by atomic mass is 10.1. The van der Waals surface area contributed by atoms with Crippen LogP contribution in [0.2, 0.25) is 0 Å². The smallest absolute Gasteiger partial charge is 0.262 e. The van der Waals surface area contributed by atoms with Gasteiger partial charge in [-0.05, 0) is 39.1 Å². The third kappa shape index (κ3) is 3.31. The molecule has 0 heterocycles. The first-order chi connectivity index (χ1) is 8.40. The first-order valence-corrected chi connectivity index (χ1v) is 6.21. The van der Waals surface area contributed by atoms with Crippen molar-refractivity contribution in [1.29, 1.82) is 0 Å². The normalized spacial score (nSPS) is 14.5. The monoisotopic (exact) mass is 250 g/mol. The van der Waals surface area contributed by atoms with Crippen molar-refractivity contribution >= 4 is 11.8 Å². The van der Waals surface area contributed by atoms with Gasteiger partial charge in [-0.3, -0.25) is 0 Å². The van der Waals surface area contributed by atoms with Crippen LogP contribution in [0.15, 0.2) is 24.3 Å². The zero-order chi connectivity index (χ0) is 13.8. The lowest BCUT2D eigenvalue weighted by molar-refractivity contribution is -0.262. The van der Waals surface area contributed by atoms with Crippen molar-refractivity contribution in [2.24, 2.45) is 0 Å². The van der Waals surface area contributed by atoms with Crippen LogP contribution < -0.4 is 9.59 Å². The van der Waals surface area contributed by atoms with E-state index in [1.165, 1.54) is 0 Å². The van der Waals surface area contributed by atoms with Gasteiger partial charge >= 0.3 is 0 Å². The number of rotatable bonds is 5. The summed E-state index contributed by atoms with van der Waals surface area (Å²) in [6.45, 7) is 3.27. The lowest BCUT2D eigenvalue weighted by Crippen LogP contribution is -2.57. The van der Waals surface area contributed by atoms with E-state index in [4.69, 9.17) is 0 Å². The molecule has 0 saturated heterocycles. The van der Waals surface area contributed by atoms with E-state index >= 15 is 0 Å². The molecule has 0 saturated carbocycles. The second-order valence-electron chi connectivity index (χ2n) is 5.00. The molecule has 4 heteroatoms. The molecule has 1 aromatic carbocycles. The molecule has 0 spiro atoms. The van der Waals surface area contributed by atoms with Gasteiger partial charge in [0, 0.05) is 12.6 Å². The van der Waals surface area contributed by atoms with Gasteiger partial charge in [-0.15, -0.1) is 0 Å². The van der Waals surface area contributed by atoms with E-state index in [2.05, 4.69) is 4.90 Å². The summed E-state index contributed by atoms with van der Waals surface area (Å²) in [4.78, 5) is 13.4. The maximum Gasteiger partial charge on any atom is 0.262 e. The van der Waals surface area contributed by atoms with E-state index in [0.29, 0.717) is 6.54 Å². The van der Waals surface area contributed by atoms with Gasteiger partial charge < -0.3 is 14.8 Å². The van der Waals surface area contributed by atoms with Gasteiger partial charge in [-0.2, -0.15) is 0 Å². The van der Waals surface area contributed by atoms with Crippen LogP contribution in [0.5, 0.6) is 0 Å². The molecule has 1 atom stereocenters. The number of nitrogens with zero attached hydrogens (tertiary/aromatic N) is 2. The van der Waals surface area contributed by atoms with Crippen LogP contribution in [0.25, 0.3) is 0 Å². The van der Waals surface area contributed by atoms with Gasteiger partial charge in [0.15, 0.2) is 0 Å². The number of amides is 1. The highest BCUT2D eigenvalue weighted by atomic mass is 16.4. The standard InChI is InChI=1S/C14H22N2O2/c1-5-16(4,14(17)18)13-8-6-7-12(11-13)9-10-15(2)3/h6-8,11H,5,9-10H2,1-4H3. The third-order valence-corrected chi connectivity index (χ3v) is 3.36. The molecule has 0 N–H and O–H groups in total. The van der Waals surface area contributed by atoms with E-state index in [1.54, 1.807) is 7.05 Å². The zero-order valence-corrected chi connectivity index (χ0v) is 11.6. The fraction of sp³-hybridized carbons (Fsp3) is 0.500. The molecule has 0 aliphatic carbocycles. The summed E-state index contributed by atoms with van der Waals surface area (Å²) in [6.07, 6.45) is -0.153. The van der Waals surface area contributed by atoms with Crippen molar-refractivity contribution in [2.45, 2.75) is 13.3 Å². The second kappa shape index (κ2) is 5.98. The quantitative estimate of drug-likeness (QED) is 0.735. The summed E-state index contributed by atoms with van der Waals surface area (Å²) in [5, 5.41) is 11.3. The molecule has 0 aliphatic rings. The first-order valence-electron chi connectivity index (χ1n) is 6.21. The Morgan fingerprint density at radius 2 is 2.06 bits per heavy atom. The van der Waals surface area contributed by atoms with Crippen molar-refractivity contribution in [2.75, 3.05) is 34.2 Å². The van der Waals surface area contributed by atoms with E-state index < -0.39 is 6.09 Å². The number of carboxylic acid groups (broad SMARTS) is 1. The van der Waals surface area contributed by atoms with Gasteiger partial charge in [0.05, 0.1) is 13.6 Å². The van der Waals surface area contributed by atoms with E-state index in [0.717, 1.165) is 24.2 Å². The molecular weight excluding hydrogens is 228 g/mol. The highest BCUT2D eigenvalue weighted by Gasteiger charge is 2.25. The summed E-state index contributed by atoms with van der Waals surface area (Å²) in [5.41, 5.74) is 1.93. The van der Waals surface area contributed by atoms with Crippen LogP contribution in [-0.2, 0) is 6.42 Å². The molecular formula is C14H22N2O2. The topological polar surface area (TPSA) is 43.4 Å². The zero-order valence-electron chi connectivity index (χ0n) is 11.6. The summed E-state index contributed by atoms with van der Waals surface area (Å²) >= 11 is 0. The van der Waals surface area contributed by atoms with Gasteiger partial charge in [0.25, 0.3) is 6.09 Å². The number of hydrogen-bond acceptors (Lipinski definition) is 3. The largest absolute Gasteiger partial charge is 0.498 e. The van der Waals surface area contributed by atoms with Crippen molar-refractivity contribution in [1.82, 2.24) is 9.38 Å². The van der Waals surface area contributed by atoms with E-state index in [1.807, 2.05) is 45.3 Å². The highest BCUT2D eigenvalue weighted by Crippen LogP contribution is 2.22. The summed E-state index contributed by atoms with van der Waals surface area (Å²) in [7, 11) is 5.72. The van der Waals surface area contributed by atoms with Crippen LogP contribution in [0, 0.1) is 0 Å². The molecule has 18 heavy (non-hydrogen) atoms. The molecule has 1 unspecified atom stereocenters. The maximum absolute atomic E-state index is 11.3. The average Bonchev–Trinajstić information content (AvgIpc) is 2.35. The minimum Gasteiger partial charge on any atom is -0.498 e. The number of carbonyl (C=O) groups is 1. The van der Waals surface area contributed by atoms with E-state index in [-0.39, 0.29) is 4.48 Å². The Kier molecular flexibility index (Phi) is 4.87. The minimum absolute atomic E-state index is 0.185. The fourth-order valence-electron chi connectivity index (χ4n) is 1.79. The number of quaternary nitrogens is 1. The molecule has 1 aromatic rings.